The fourth-order valence-electron chi connectivity index (χ4n) is 2.02. The van der Waals surface area contributed by atoms with Gasteiger partial charge < -0.3 is 10.6 Å². The average molecular weight is 319 g/mol. The van der Waals surface area contributed by atoms with E-state index in [-0.39, 0.29) is 18.3 Å². The van der Waals surface area contributed by atoms with Crippen molar-refractivity contribution in [2.45, 2.75) is 13.0 Å². The average Bonchev–Trinajstić information content (AvgIpc) is 2.97. The maximum absolute atomic E-state index is 13.8. The summed E-state index contributed by atoms with van der Waals surface area (Å²) in [5.74, 6) is -0.561. The third kappa shape index (κ3) is 3.99. The lowest BCUT2D eigenvalue weighted by Crippen LogP contribution is -2.31. The second-order valence-corrected chi connectivity index (χ2v) is 5.67. The molecule has 2 rings (SSSR count). The van der Waals surface area contributed by atoms with Crippen LogP contribution in [-0.4, -0.2) is 28.9 Å². The molecule has 6 heteroatoms. The van der Waals surface area contributed by atoms with Gasteiger partial charge in [0.15, 0.2) is 0 Å². The second-order valence-electron chi connectivity index (χ2n) is 4.73. The van der Waals surface area contributed by atoms with Crippen LogP contribution in [0.15, 0.2) is 42.3 Å². The number of halogens is 1. The molecule has 0 aliphatic carbocycles. The summed E-state index contributed by atoms with van der Waals surface area (Å²) in [6.45, 7) is 4.66. The number of hydrogen-bond donors (Lipinski definition) is 1. The third-order valence-corrected chi connectivity index (χ3v) is 3.99. The predicted octanol–water partition coefficient (Wildman–Crippen LogP) is 2.61. The van der Waals surface area contributed by atoms with E-state index in [2.05, 4.69) is 11.6 Å². The fraction of sp³-hybridized carbons (Fsp3) is 0.250. The van der Waals surface area contributed by atoms with E-state index in [1.54, 1.807) is 29.7 Å². The number of rotatable bonds is 7. The molecule has 0 aliphatic heterocycles. The smallest absolute Gasteiger partial charge is 0.273 e. The number of benzene rings is 1. The zero-order chi connectivity index (χ0) is 15.9. The van der Waals surface area contributed by atoms with Crippen molar-refractivity contribution in [1.82, 2.24) is 9.88 Å². The van der Waals surface area contributed by atoms with E-state index in [1.807, 2.05) is 0 Å². The molecule has 0 bridgehead atoms. The van der Waals surface area contributed by atoms with Crippen LogP contribution in [0.3, 0.4) is 0 Å². The summed E-state index contributed by atoms with van der Waals surface area (Å²) in [5.41, 5.74) is 6.32. The maximum Gasteiger partial charge on any atom is 0.273 e. The van der Waals surface area contributed by atoms with Crippen LogP contribution >= 0.6 is 11.3 Å². The van der Waals surface area contributed by atoms with Crippen molar-refractivity contribution in [3.05, 3.63) is 64.4 Å². The zero-order valence-electron chi connectivity index (χ0n) is 12.2. The molecule has 0 saturated carbocycles. The number of thiazole rings is 1. The normalized spacial score (nSPS) is 10.5. The number of nitrogens with zero attached hydrogens (tertiary/aromatic N) is 2. The van der Waals surface area contributed by atoms with Gasteiger partial charge in [0.05, 0.1) is 5.01 Å². The van der Waals surface area contributed by atoms with Gasteiger partial charge >= 0.3 is 0 Å². The molecular weight excluding hydrogens is 301 g/mol. The summed E-state index contributed by atoms with van der Waals surface area (Å²) in [6.07, 6.45) is 2.26. The van der Waals surface area contributed by atoms with Crippen LogP contribution in [-0.2, 0) is 13.0 Å². The minimum atomic E-state index is -0.327. The Balaban J connectivity index is 2.17. The summed E-state index contributed by atoms with van der Waals surface area (Å²) in [4.78, 5) is 18.3. The van der Waals surface area contributed by atoms with Gasteiger partial charge in [-0.05, 0) is 12.6 Å². The molecule has 1 aromatic heterocycles. The highest BCUT2D eigenvalue weighted by Gasteiger charge is 2.19. The SMILES string of the molecule is C=CCN(Cc1ccccc1F)C(=O)c1csc(CCN)n1. The zero-order valence-corrected chi connectivity index (χ0v) is 13.0. The third-order valence-electron chi connectivity index (χ3n) is 3.08. The Morgan fingerprint density at radius 2 is 2.23 bits per heavy atom. The molecule has 4 nitrogen and oxygen atoms in total. The summed E-state index contributed by atoms with van der Waals surface area (Å²) >= 11 is 1.41. The Labute approximate surface area is 133 Å². The highest BCUT2D eigenvalue weighted by molar-refractivity contribution is 7.09. The molecule has 2 N–H and O–H groups in total. The number of hydrogen-bond acceptors (Lipinski definition) is 4. The highest BCUT2D eigenvalue weighted by atomic mass is 32.1. The largest absolute Gasteiger partial charge is 0.330 e. The summed E-state index contributed by atoms with van der Waals surface area (Å²) < 4.78 is 13.8. The topological polar surface area (TPSA) is 59.2 Å². The van der Waals surface area contributed by atoms with Crippen molar-refractivity contribution in [3.8, 4) is 0 Å². The van der Waals surface area contributed by atoms with Gasteiger partial charge in [0.1, 0.15) is 11.5 Å². The Morgan fingerprint density at radius 3 is 2.91 bits per heavy atom. The molecule has 0 fully saturated rings. The first-order chi connectivity index (χ1) is 10.7. The van der Waals surface area contributed by atoms with E-state index in [1.165, 1.54) is 22.3 Å². The van der Waals surface area contributed by atoms with Crippen molar-refractivity contribution < 1.29 is 9.18 Å². The van der Waals surface area contributed by atoms with Gasteiger partial charge in [0.2, 0.25) is 0 Å². The van der Waals surface area contributed by atoms with Crippen LogP contribution < -0.4 is 5.73 Å². The summed E-state index contributed by atoms with van der Waals surface area (Å²) in [7, 11) is 0. The monoisotopic (exact) mass is 319 g/mol. The highest BCUT2D eigenvalue weighted by Crippen LogP contribution is 2.15. The fourth-order valence-corrected chi connectivity index (χ4v) is 2.80. The Morgan fingerprint density at radius 1 is 1.45 bits per heavy atom. The number of amides is 1. The van der Waals surface area contributed by atoms with Crippen LogP contribution in [0.4, 0.5) is 4.39 Å². The molecule has 0 saturated heterocycles. The molecule has 0 radical (unpaired) electrons. The van der Waals surface area contributed by atoms with Crippen molar-refractivity contribution in [2.24, 2.45) is 5.73 Å². The van der Waals surface area contributed by atoms with Gasteiger partial charge in [-0.3, -0.25) is 4.79 Å². The molecule has 2 aromatic rings. The van der Waals surface area contributed by atoms with E-state index >= 15 is 0 Å². The van der Waals surface area contributed by atoms with E-state index in [0.717, 1.165) is 5.01 Å². The lowest BCUT2D eigenvalue weighted by atomic mass is 10.2. The van der Waals surface area contributed by atoms with Crippen LogP contribution in [0, 0.1) is 5.82 Å². The minimum Gasteiger partial charge on any atom is -0.330 e. The second kappa shape index (κ2) is 7.82. The Bertz CT molecular complexity index is 656. The van der Waals surface area contributed by atoms with Gasteiger partial charge in [-0.1, -0.05) is 24.3 Å². The quantitative estimate of drug-likeness (QED) is 0.798. The number of carbonyl (C=O) groups excluding carboxylic acids is 1. The Kier molecular flexibility index (Phi) is 5.80. The number of nitrogens with two attached hydrogens (primary N) is 1. The summed E-state index contributed by atoms with van der Waals surface area (Å²) in [5, 5.41) is 2.54. The minimum absolute atomic E-state index is 0.182. The Hall–Kier alpha value is -2.05. The van der Waals surface area contributed by atoms with Crippen LogP contribution in [0.5, 0.6) is 0 Å². The predicted molar refractivity (Wildman–Crippen MR) is 86.2 cm³/mol. The summed E-state index contributed by atoms with van der Waals surface area (Å²) in [6, 6.07) is 6.42. The van der Waals surface area contributed by atoms with Crippen molar-refractivity contribution in [3.63, 3.8) is 0 Å². The van der Waals surface area contributed by atoms with Crippen LogP contribution in [0.2, 0.25) is 0 Å². The first-order valence-corrected chi connectivity index (χ1v) is 7.81. The lowest BCUT2D eigenvalue weighted by Gasteiger charge is -2.20. The molecule has 22 heavy (non-hydrogen) atoms. The van der Waals surface area contributed by atoms with E-state index < -0.39 is 0 Å². The molecule has 1 heterocycles. The molecule has 0 unspecified atom stereocenters. The van der Waals surface area contributed by atoms with E-state index in [9.17, 15) is 9.18 Å². The van der Waals surface area contributed by atoms with Gasteiger partial charge in [-0.25, -0.2) is 9.37 Å². The van der Waals surface area contributed by atoms with E-state index in [4.69, 9.17) is 5.73 Å². The van der Waals surface area contributed by atoms with E-state index in [0.29, 0.717) is 30.8 Å². The molecule has 1 aromatic carbocycles. The van der Waals surface area contributed by atoms with Crippen molar-refractivity contribution in [2.75, 3.05) is 13.1 Å². The first kappa shape index (κ1) is 16.3. The van der Waals surface area contributed by atoms with Crippen molar-refractivity contribution >= 4 is 17.2 Å². The van der Waals surface area contributed by atoms with Gasteiger partial charge in [0.25, 0.3) is 5.91 Å². The molecule has 0 aliphatic rings. The van der Waals surface area contributed by atoms with Crippen LogP contribution in [0.1, 0.15) is 21.1 Å². The number of aromatic nitrogens is 1. The molecule has 1 amide bonds. The van der Waals surface area contributed by atoms with Crippen molar-refractivity contribution in [1.29, 1.82) is 0 Å². The van der Waals surface area contributed by atoms with Crippen LogP contribution in [0.25, 0.3) is 0 Å². The van der Waals surface area contributed by atoms with Gasteiger partial charge in [-0.2, -0.15) is 0 Å². The number of carbonyl (C=O) groups is 1. The molecule has 0 atom stereocenters. The maximum atomic E-state index is 13.8. The lowest BCUT2D eigenvalue weighted by molar-refractivity contribution is 0.0756. The molecular formula is C16H18FN3OS. The standard InChI is InChI=1S/C16H18FN3OS/c1-2-9-20(10-12-5-3-4-6-13(12)17)16(21)14-11-22-15(19-14)7-8-18/h2-6,11H,1,7-10,18H2. The van der Waals surface area contributed by atoms with Gasteiger partial charge in [0, 0.05) is 30.5 Å². The first-order valence-electron chi connectivity index (χ1n) is 6.93. The molecule has 0 spiro atoms. The molecule has 116 valence electrons. The van der Waals surface area contributed by atoms with Gasteiger partial charge in [-0.15, -0.1) is 17.9 Å².